The molecule has 1 aliphatic rings. The van der Waals surface area contributed by atoms with Crippen LogP contribution in [0.5, 0.6) is 0 Å². The van der Waals surface area contributed by atoms with Gasteiger partial charge < -0.3 is 15.1 Å². The molecule has 0 spiro atoms. The number of nitrogens with zero attached hydrogens (tertiary/aromatic N) is 2. The van der Waals surface area contributed by atoms with Gasteiger partial charge in [-0.05, 0) is 75.2 Å². The van der Waals surface area contributed by atoms with Crippen LogP contribution in [0.3, 0.4) is 0 Å². The molecule has 0 unspecified atom stereocenters. The fourth-order valence-corrected chi connectivity index (χ4v) is 3.39. The van der Waals surface area contributed by atoms with Crippen molar-refractivity contribution in [3.05, 3.63) is 59.7 Å². The fourth-order valence-electron chi connectivity index (χ4n) is 3.39. The molecule has 2 aromatic rings. The van der Waals surface area contributed by atoms with E-state index in [1.165, 1.54) is 18.5 Å². The van der Waals surface area contributed by atoms with E-state index in [4.69, 9.17) is 0 Å². The largest absolute Gasteiger partial charge is 0.372 e. The van der Waals surface area contributed by atoms with Gasteiger partial charge in [0.1, 0.15) is 0 Å². The van der Waals surface area contributed by atoms with Crippen molar-refractivity contribution in [2.45, 2.75) is 26.7 Å². The van der Waals surface area contributed by atoms with E-state index in [1.807, 2.05) is 38.1 Å². The first kappa shape index (κ1) is 19.0. The van der Waals surface area contributed by atoms with Gasteiger partial charge in [-0.2, -0.15) is 0 Å². The summed E-state index contributed by atoms with van der Waals surface area (Å²) in [5.74, 6) is -0.185. The molecule has 1 N–H and O–H groups in total. The van der Waals surface area contributed by atoms with Gasteiger partial charge in [0.25, 0.3) is 11.8 Å². The lowest BCUT2D eigenvalue weighted by Gasteiger charge is -2.18. The zero-order valence-corrected chi connectivity index (χ0v) is 16.1. The summed E-state index contributed by atoms with van der Waals surface area (Å²) in [7, 11) is 0. The Morgan fingerprint density at radius 2 is 1.44 bits per heavy atom. The van der Waals surface area contributed by atoms with E-state index in [0.29, 0.717) is 24.2 Å². The standard InChI is InChI=1S/C22H27N3O2/c1-3-24(4-2)22(27)18-9-7-17(8-10-18)21(26)23-19-11-13-20(14-12-19)25-15-5-6-16-25/h7-14H,3-6,15-16H2,1-2H3,(H,23,26). The first-order valence-electron chi connectivity index (χ1n) is 9.68. The number of hydrogen-bond donors (Lipinski definition) is 1. The van der Waals surface area contributed by atoms with Crippen LogP contribution in [0.1, 0.15) is 47.4 Å². The van der Waals surface area contributed by atoms with Crippen molar-refractivity contribution >= 4 is 23.2 Å². The number of carbonyl (C=O) groups excluding carboxylic acids is 2. The van der Waals surface area contributed by atoms with Crippen molar-refractivity contribution in [3.63, 3.8) is 0 Å². The van der Waals surface area contributed by atoms with Crippen molar-refractivity contribution in [2.24, 2.45) is 0 Å². The topological polar surface area (TPSA) is 52.7 Å². The normalized spacial score (nSPS) is 13.5. The molecule has 27 heavy (non-hydrogen) atoms. The summed E-state index contributed by atoms with van der Waals surface area (Å²) in [6.07, 6.45) is 2.48. The average molecular weight is 365 g/mol. The molecule has 5 nitrogen and oxygen atoms in total. The lowest BCUT2D eigenvalue weighted by atomic mass is 10.1. The van der Waals surface area contributed by atoms with Gasteiger partial charge in [0, 0.05) is 48.7 Å². The van der Waals surface area contributed by atoms with Crippen molar-refractivity contribution in [1.82, 2.24) is 4.90 Å². The number of carbonyl (C=O) groups is 2. The molecular formula is C22H27N3O2. The first-order chi connectivity index (χ1) is 13.1. The SMILES string of the molecule is CCN(CC)C(=O)c1ccc(C(=O)Nc2ccc(N3CCCC3)cc2)cc1. The molecule has 3 rings (SSSR count). The van der Waals surface area contributed by atoms with Gasteiger partial charge in [0.2, 0.25) is 0 Å². The molecule has 2 amide bonds. The van der Waals surface area contributed by atoms with Crippen LogP contribution in [-0.4, -0.2) is 42.9 Å². The molecule has 0 aromatic heterocycles. The molecule has 0 aliphatic carbocycles. The Bertz CT molecular complexity index is 774. The summed E-state index contributed by atoms with van der Waals surface area (Å²) in [6.45, 7) is 7.46. The molecule has 1 fully saturated rings. The van der Waals surface area contributed by atoms with Crippen molar-refractivity contribution < 1.29 is 9.59 Å². The molecule has 1 aliphatic heterocycles. The van der Waals surface area contributed by atoms with E-state index in [2.05, 4.69) is 10.2 Å². The maximum Gasteiger partial charge on any atom is 0.255 e. The van der Waals surface area contributed by atoms with E-state index >= 15 is 0 Å². The Morgan fingerprint density at radius 3 is 2.00 bits per heavy atom. The van der Waals surface area contributed by atoms with E-state index in [0.717, 1.165) is 18.8 Å². The Balaban J connectivity index is 1.63. The van der Waals surface area contributed by atoms with Crippen molar-refractivity contribution in [3.8, 4) is 0 Å². The second-order valence-corrected chi connectivity index (χ2v) is 6.75. The number of rotatable bonds is 6. The Labute approximate surface area is 161 Å². The van der Waals surface area contributed by atoms with Gasteiger partial charge in [-0.3, -0.25) is 9.59 Å². The van der Waals surface area contributed by atoms with Crippen LogP contribution in [0.25, 0.3) is 0 Å². The minimum absolute atomic E-state index is 0.00976. The zero-order chi connectivity index (χ0) is 19.2. The highest BCUT2D eigenvalue weighted by Crippen LogP contribution is 2.22. The minimum Gasteiger partial charge on any atom is -0.372 e. The third-order valence-corrected chi connectivity index (χ3v) is 5.04. The van der Waals surface area contributed by atoms with Crippen molar-refractivity contribution in [2.75, 3.05) is 36.4 Å². The Hall–Kier alpha value is -2.82. The number of amides is 2. The van der Waals surface area contributed by atoms with Crippen molar-refractivity contribution in [1.29, 1.82) is 0 Å². The quantitative estimate of drug-likeness (QED) is 0.841. The number of hydrogen-bond acceptors (Lipinski definition) is 3. The molecular weight excluding hydrogens is 338 g/mol. The molecule has 5 heteroatoms. The number of anilines is 2. The summed E-state index contributed by atoms with van der Waals surface area (Å²) >= 11 is 0. The number of benzene rings is 2. The summed E-state index contributed by atoms with van der Waals surface area (Å²) in [5, 5.41) is 2.92. The smallest absolute Gasteiger partial charge is 0.255 e. The molecule has 0 saturated carbocycles. The molecule has 0 radical (unpaired) electrons. The van der Waals surface area contributed by atoms with Crippen LogP contribution in [-0.2, 0) is 0 Å². The van der Waals surface area contributed by atoms with E-state index in [9.17, 15) is 9.59 Å². The first-order valence-corrected chi connectivity index (χ1v) is 9.68. The molecule has 142 valence electrons. The average Bonchev–Trinajstić information content (AvgIpc) is 3.24. The maximum absolute atomic E-state index is 12.5. The third-order valence-electron chi connectivity index (χ3n) is 5.04. The molecule has 1 heterocycles. The zero-order valence-electron chi connectivity index (χ0n) is 16.1. The summed E-state index contributed by atoms with van der Waals surface area (Å²) in [4.78, 5) is 28.9. The molecule has 2 aromatic carbocycles. The maximum atomic E-state index is 12.5. The predicted octanol–water partition coefficient (Wildman–Crippen LogP) is 4.02. The lowest BCUT2D eigenvalue weighted by molar-refractivity contribution is 0.0772. The summed E-state index contributed by atoms with van der Waals surface area (Å²) in [5.41, 5.74) is 3.11. The third kappa shape index (κ3) is 4.48. The van der Waals surface area contributed by atoms with Gasteiger partial charge >= 0.3 is 0 Å². The van der Waals surface area contributed by atoms with Gasteiger partial charge in [0.05, 0.1) is 0 Å². The van der Waals surface area contributed by atoms with Gasteiger partial charge in [-0.15, -0.1) is 0 Å². The van der Waals surface area contributed by atoms with Crippen LogP contribution >= 0.6 is 0 Å². The van der Waals surface area contributed by atoms with E-state index in [-0.39, 0.29) is 11.8 Å². The highest BCUT2D eigenvalue weighted by Gasteiger charge is 2.14. The second kappa shape index (κ2) is 8.71. The van der Waals surface area contributed by atoms with Crippen LogP contribution in [0, 0.1) is 0 Å². The Kier molecular flexibility index (Phi) is 6.12. The fraction of sp³-hybridized carbons (Fsp3) is 0.364. The van der Waals surface area contributed by atoms with Crippen LogP contribution in [0.2, 0.25) is 0 Å². The van der Waals surface area contributed by atoms with Crippen LogP contribution < -0.4 is 10.2 Å². The highest BCUT2D eigenvalue weighted by atomic mass is 16.2. The second-order valence-electron chi connectivity index (χ2n) is 6.75. The van der Waals surface area contributed by atoms with Crippen LogP contribution in [0.15, 0.2) is 48.5 Å². The molecule has 0 bridgehead atoms. The molecule has 1 saturated heterocycles. The monoisotopic (exact) mass is 365 g/mol. The Morgan fingerprint density at radius 1 is 0.889 bits per heavy atom. The minimum atomic E-state index is -0.175. The lowest BCUT2D eigenvalue weighted by Crippen LogP contribution is -2.30. The van der Waals surface area contributed by atoms with E-state index < -0.39 is 0 Å². The summed E-state index contributed by atoms with van der Waals surface area (Å²) < 4.78 is 0. The van der Waals surface area contributed by atoms with Crippen LogP contribution in [0.4, 0.5) is 11.4 Å². The highest BCUT2D eigenvalue weighted by molar-refractivity contribution is 6.05. The predicted molar refractivity (Wildman–Crippen MR) is 110 cm³/mol. The molecule has 0 atom stereocenters. The van der Waals surface area contributed by atoms with Gasteiger partial charge in [0.15, 0.2) is 0 Å². The van der Waals surface area contributed by atoms with Gasteiger partial charge in [-0.25, -0.2) is 0 Å². The van der Waals surface area contributed by atoms with E-state index in [1.54, 1.807) is 29.2 Å². The summed E-state index contributed by atoms with van der Waals surface area (Å²) in [6, 6.07) is 14.8. The van der Waals surface area contributed by atoms with Gasteiger partial charge in [-0.1, -0.05) is 0 Å². The number of nitrogens with one attached hydrogen (secondary N) is 1.